The van der Waals surface area contributed by atoms with Gasteiger partial charge in [-0.05, 0) is 85.4 Å². The number of carbonyl (C=O) groups excluding carboxylic acids is 1. The van der Waals surface area contributed by atoms with Crippen LogP contribution in [0.25, 0.3) is 0 Å². The highest BCUT2D eigenvalue weighted by Crippen LogP contribution is 2.72. The van der Waals surface area contributed by atoms with Gasteiger partial charge in [-0.15, -0.1) is 0 Å². The van der Waals surface area contributed by atoms with Crippen LogP contribution in [0.15, 0.2) is 0 Å². The zero-order valence-electron chi connectivity index (χ0n) is 20.1. The molecule has 3 aliphatic carbocycles. The van der Waals surface area contributed by atoms with Crippen molar-refractivity contribution in [1.29, 1.82) is 0 Å². The van der Waals surface area contributed by atoms with Crippen LogP contribution in [-0.4, -0.2) is 12.1 Å². The Hall–Kier alpha value is -0.530. The van der Waals surface area contributed by atoms with Crippen LogP contribution in [0.1, 0.15) is 112 Å². The first-order chi connectivity index (χ1) is 13.6. The van der Waals surface area contributed by atoms with E-state index in [0.29, 0.717) is 17.3 Å². The number of fused-ring (bicyclic) bond motifs is 5. The number of carbonyl (C=O) groups is 1. The van der Waals surface area contributed by atoms with Crippen molar-refractivity contribution in [1.82, 2.24) is 0 Å². The second kappa shape index (κ2) is 7.56. The maximum atomic E-state index is 11.9. The Balaban J connectivity index is 1.53. The van der Waals surface area contributed by atoms with E-state index >= 15 is 0 Å². The van der Waals surface area contributed by atoms with Gasteiger partial charge < -0.3 is 4.74 Å². The van der Waals surface area contributed by atoms with Gasteiger partial charge in [0.05, 0.1) is 0 Å². The lowest BCUT2D eigenvalue weighted by atomic mass is 9.42. The third-order valence-electron chi connectivity index (χ3n) is 11.0. The van der Waals surface area contributed by atoms with Crippen molar-refractivity contribution in [2.45, 2.75) is 118 Å². The molecule has 4 fully saturated rings. The van der Waals surface area contributed by atoms with Crippen LogP contribution in [0.4, 0.5) is 0 Å². The number of ether oxygens (including phenoxy) is 1. The first-order valence-electron chi connectivity index (χ1n) is 12.8. The van der Waals surface area contributed by atoms with Gasteiger partial charge in [0.2, 0.25) is 0 Å². The maximum Gasteiger partial charge on any atom is 0.306 e. The van der Waals surface area contributed by atoms with E-state index in [1.54, 1.807) is 0 Å². The molecule has 29 heavy (non-hydrogen) atoms. The molecule has 4 rings (SSSR count). The number of hydrogen-bond acceptors (Lipinski definition) is 2. The summed E-state index contributed by atoms with van der Waals surface area (Å²) in [6.45, 7) is 15.1. The molecule has 0 spiro atoms. The molecule has 1 heterocycles. The molecule has 2 nitrogen and oxygen atoms in total. The summed E-state index contributed by atoms with van der Waals surface area (Å²) in [5.41, 5.74) is 1.20. The van der Waals surface area contributed by atoms with Crippen LogP contribution in [0, 0.1) is 45.8 Å². The smallest absolute Gasteiger partial charge is 0.306 e. The van der Waals surface area contributed by atoms with Gasteiger partial charge in [-0.2, -0.15) is 0 Å². The minimum Gasteiger partial charge on any atom is -0.462 e. The van der Waals surface area contributed by atoms with Crippen molar-refractivity contribution in [3.8, 4) is 0 Å². The summed E-state index contributed by atoms with van der Waals surface area (Å²) in [6, 6.07) is 0. The second-order valence-corrected chi connectivity index (χ2v) is 12.6. The highest BCUT2D eigenvalue weighted by molar-refractivity contribution is 5.70. The lowest BCUT2D eigenvalue weighted by Crippen LogP contribution is -2.59. The average molecular weight is 403 g/mol. The summed E-state index contributed by atoms with van der Waals surface area (Å²) < 4.78 is 5.90. The van der Waals surface area contributed by atoms with Crippen LogP contribution in [-0.2, 0) is 9.53 Å². The molecular weight excluding hydrogens is 356 g/mol. The molecule has 0 aromatic rings. The van der Waals surface area contributed by atoms with Crippen molar-refractivity contribution in [3.63, 3.8) is 0 Å². The SMILES string of the molecule is CC(C)CCC[C@@H](C)[C@H]1CC[C@@]2(C)[C@@H]3CC[C@@H]4OC(=O)CC[C@]4(C)[C@H]3CC[C@]12C. The molecule has 0 aromatic carbocycles. The molecule has 4 aliphatic rings. The zero-order valence-corrected chi connectivity index (χ0v) is 20.1. The van der Waals surface area contributed by atoms with Crippen molar-refractivity contribution >= 4 is 5.97 Å². The van der Waals surface area contributed by atoms with Gasteiger partial charge in [-0.3, -0.25) is 4.79 Å². The van der Waals surface area contributed by atoms with E-state index in [4.69, 9.17) is 4.74 Å². The van der Waals surface area contributed by atoms with Gasteiger partial charge in [-0.25, -0.2) is 0 Å². The molecule has 0 amide bonds. The van der Waals surface area contributed by atoms with E-state index in [2.05, 4.69) is 41.5 Å². The third kappa shape index (κ3) is 3.30. The highest BCUT2D eigenvalue weighted by atomic mass is 16.5. The lowest BCUT2D eigenvalue weighted by Gasteiger charge is -2.64. The van der Waals surface area contributed by atoms with E-state index in [-0.39, 0.29) is 17.5 Å². The fourth-order valence-electron chi connectivity index (χ4n) is 8.96. The van der Waals surface area contributed by atoms with Crippen molar-refractivity contribution in [2.75, 3.05) is 0 Å². The standard InChI is InChI=1S/C27H46O2/c1-18(2)8-7-9-19(3)20-12-16-27(6)22-10-11-23-25(4,15-14-24(28)29-23)21(22)13-17-26(20,27)5/h18-23H,7-17H2,1-6H3/t19-,20-,21+,22-,23+,25-,26-,27+/m1/s1. The molecule has 8 atom stereocenters. The van der Waals surface area contributed by atoms with Gasteiger partial charge in [0, 0.05) is 11.8 Å². The molecule has 0 unspecified atom stereocenters. The highest BCUT2D eigenvalue weighted by Gasteiger charge is 2.66. The summed E-state index contributed by atoms with van der Waals surface area (Å²) in [5.74, 6) is 4.22. The fraction of sp³-hybridized carbons (Fsp3) is 0.963. The number of esters is 1. The summed E-state index contributed by atoms with van der Waals surface area (Å²) in [6.07, 6.45) is 14.1. The van der Waals surface area contributed by atoms with Crippen LogP contribution >= 0.6 is 0 Å². The Morgan fingerprint density at radius 2 is 1.62 bits per heavy atom. The maximum absolute atomic E-state index is 11.9. The van der Waals surface area contributed by atoms with Crippen molar-refractivity contribution in [2.24, 2.45) is 45.8 Å². The number of rotatable bonds is 5. The van der Waals surface area contributed by atoms with E-state index in [1.165, 1.54) is 51.4 Å². The first kappa shape index (κ1) is 21.7. The minimum absolute atomic E-state index is 0.0499. The van der Waals surface area contributed by atoms with Gasteiger partial charge in [0.1, 0.15) is 6.10 Å². The van der Waals surface area contributed by atoms with E-state index < -0.39 is 0 Å². The summed E-state index contributed by atoms with van der Waals surface area (Å²) in [5, 5.41) is 0. The molecule has 1 aliphatic heterocycles. The van der Waals surface area contributed by atoms with E-state index in [0.717, 1.165) is 42.4 Å². The van der Waals surface area contributed by atoms with E-state index in [1.807, 2.05) is 0 Å². The van der Waals surface area contributed by atoms with Gasteiger partial charge >= 0.3 is 5.97 Å². The van der Waals surface area contributed by atoms with Crippen LogP contribution in [0.5, 0.6) is 0 Å². The van der Waals surface area contributed by atoms with Gasteiger partial charge in [-0.1, -0.05) is 60.8 Å². The number of hydrogen-bond donors (Lipinski definition) is 0. The molecule has 0 bridgehead atoms. The van der Waals surface area contributed by atoms with Crippen LogP contribution < -0.4 is 0 Å². The van der Waals surface area contributed by atoms with Crippen molar-refractivity contribution < 1.29 is 9.53 Å². The Labute approximate surface area is 179 Å². The molecule has 166 valence electrons. The largest absolute Gasteiger partial charge is 0.462 e. The van der Waals surface area contributed by atoms with Gasteiger partial charge in [0.25, 0.3) is 0 Å². The topological polar surface area (TPSA) is 26.3 Å². The molecule has 1 saturated heterocycles. The predicted molar refractivity (Wildman–Crippen MR) is 119 cm³/mol. The Morgan fingerprint density at radius 1 is 0.897 bits per heavy atom. The van der Waals surface area contributed by atoms with Crippen LogP contribution in [0.3, 0.4) is 0 Å². The molecule has 0 aromatic heterocycles. The molecular formula is C27H46O2. The Morgan fingerprint density at radius 3 is 2.34 bits per heavy atom. The quantitative estimate of drug-likeness (QED) is 0.448. The molecule has 2 heteroatoms. The first-order valence-corrected chi connectivity index (χ1v) is 12.8. The minimum atomic E-state index is 0.0499. The molecule has 0 N–H and O–H groups in total. The third-order valence-corrected chi connectivity index (χ3v) is 11.0. The normalized spacial score (nSPS) is 47.9. The van der Waals surface area contributed by atoms with Crippen LogP contribution in [0.2, 0.25) is 0 Å². The van der Waals surface area contributed by atoms with E-state index in [9.17, 15) is 4.79 Å². The lowest BCUT2D eigenvalue weighted by molar-refractivity contribution is -0.204. The molecule has 0 radical (unpaired) electrons. The Bertz CT molecular complexity index is 626. The Kier molecular flexibility index (Phi) is 5.65. The predicted octanol–water partition coefficient (Wildman–Crippen LogP) is 7.40. The summed E-state index contributed by atoms with van der Waals surface area (Å²) in [7, 11) is 0. The average Bonchev–Trinajstić information content (AvgIpc) is 2.93. The van der Waals surface area contributed by atoms with Gasteiger partial charge in [0.15, 0.2) is 0 Å². The molecule has 3 saturated carbocycles. The summed E-state index contributed by atoms with van der Waals surface area (Å²) in [4.78, 5) is 11.9. The zero-order chi connectivity index (χ0) is 21.0. The second-order valence-electron chi connectivity index (χ2n) is 12.6. The van der Waals surface area contributed by atoms with Crippen molar-refractivity contribution in [3.05, 3.63) is 0 Å². The summed E-state index contributed by atoms with van der Waals surface area (Å²) >= 11 is 0. The monoisotopic (exact) mass is 402 g/mol. The fourth-order valence-corrected chi connectivity index (χ4v) is 8.96.